The van der Waals surface area contributed by atoms with Gasteiger partial charge in [-0.05, 0) is 43.1 Å². The van der Waals surface area contributed by atoms with Crippen LogP contribution in [0.25, 0.3) is 11.0 Å². The van der Waals surface area contributed by atoms with Crippen molar-refractivity contribution in [2.24, 2.45) is 17.8 Å². The number of halogens is 1. The average molecular weight is 288 g/mol. The van der Waals surface area contributed by atoms with Gasteiger partial charge < -0.3 is 10.1 Å². The van der Waals surface area contributed by atoms with E-state index in [0.29, 0.717) is 17.0 Å². The first-order valence-corrected chi connectivity index (χ1v) is 7.51. The average Bonchev–Trinajstić information content (AvgIpc) is 3.11. The first kappa shape index (κ1) is 12.8. The SMILES string of the molecule is O=C(O)c1cc2nc(CC3CC4CCC3C4)[nH]c2cc1F. The largest absolute Gasteiger partial charge is 0.478 e. The number of aromatic nitrogens is 2. The van der Waals surface area contributed by atoms with Gasteiger partial charge >= 0.3 is 5.97 Å². The second-order valence-corrected chi connectivity index (χ2v) is 6.48. The van der Waals surface area contributed by atoms with Crippen molar-refractivity contribution in [1.29, 1.82) is 0 Å². The molecule has 5 heteroatoms. The highest BCUT2D eigenvalue weighted by molar-refractivity contribution is 5.92. The van der Waals surface area contributed by atoms with Gasteiger partial charge in [0.2, 0.25) is 0 Å². The number of imidazole rings is 1. The molecule has 2 N–H and O–H groups in total. The van der Waals surface area contributed by atoms with Crippen molar-refractivity contribution in [1.82, 2.24) is 9.97 Å². The van der Waals surface area contributed by atoms with Crippen LogP contribution in [-0.2, 0) is 6.42 Å². The maximum atomic E-state index is 13.7. The van der Waals surface area contributed by atoms with Gasteiger partial charge in [-0.1, -0.05) is 6.42 Å². The molecule has 2 bridgehead atoms. The molecule has 2 aromatic rings. The molecule has 1 heterocycles. The van der Waals surface area contributed by atoms with Gasteiger partial charge in [0.15, 0.2) is 0 Å². The van der Waals surface area contributed by atoms with Crippen molar-refractivity contribution in [3.8, 4) is 0 Å². The second-order valence-electron chi connectivity index (χ2n) is 6.48. The Morgan fingerprint density at radius 1 is 1.38 bits per heavy atom. The van der Waals surface area contributed by atoms with Gasteiger partial charge in [0.1, 0.15) is 11.6 Å². The van der Waals surface area contributed by atoms with Crippen LogP contribution in [0.3, 0.4) is 0 Å². The molecule has 2 aliphatic rings. The van der Waals surface area contributed by atoms with Gasteiger partial charge in [0.05, 0.1) is 16.6 Å². The van der Waals surface area contributed by atoms with Gasteiger partial charge in [-0.3, -0.25) is 0 Å². The lowest BCUT2D eigenvalue weighted by molar-refractivity contribution is 0.0692. The predicted octanol–water partition coefficient (Wildman–Crippen LogP) is 3.38. The number of hydrogen-bond donors (Lipinski definition) is 2. The van der Waals surface area contributed by atoms with Gasteiger partial charge in [-0.25, -0.2) is 14.2 Å². The summed E-state index contributed by atoms with van der Waals surface area (Å²) in [5, 5.41) is 8.96. The molecule has 0 aliphatic heterocycles. The highest BCUT2D eigenvalue weighted by atomic mass is 19.1. The molecule has 1 aromatic carbocycles. The fourth-order valence-electron chi connectivity index (χ4n) is 4.22. The molecule has 0 radical (unpaired) electrons. The monoisotopic (exact) mass is 288 g/mol. The zero-order valence-corrected chi connectivity index (χ0v) is 11.6. The van der Waals surface area contributed by atoms with Crippen LogP contribution < -0.4 is 0 Å². The number of nitrogens with zero attached hydrogens (tertiary/aromatic N) is 1. The van der Waals surface area contributed by atoms with Gasteiger partial charge in [0, 0.05) is 12.5 Å². The summed E-state index contributed by atoms with van der Waals surface area (Å²) < 4.78 is 13.7. The van der Waals surface area contributed by atoms with Crippen LogP contribution in [0.15, 0.2) is 12.1 Å². The van der Waals surface area contributed by atoms with E-state index in [9.17, 15) is 9.18 Å². The Bertz CT molecular complexity index is 724. The lowest BCUT2D eigenvalue weighted by Crippen LogP contribution is -2.13. The summed E-state index contributed by atoms with van der Waals surface area (Å²) >= 11 is 0. The molecule has 21 heavy (non-hydrogen) atoms. The third-order valence-corrected chi connectivity index (χ3v) is 5.19. The van der Waals surface area contributed by atoms with Crippen molar-refractivity contribution >= 4 is 17.0 Å². The molecule has 2 aliphatic carbocycles. The second kappa shape index (κ2) is 4.55. The van der Waals surface area contributed by atoms with Gasteiger partial charge in [-0.2, -0.15) is 0 Å². The lowest BCUT2D eigenvalue weighted by Gasteiger charge is -2.20. The predicted molar refractivity (Wildman–Crippen MR) is 75.7 cm³/mol. The topological polar surface area (TPSA) is 66.0 Å². The number of rotatable bonds is 3. The number of carboxylic acid groups (broad SMARTS) is 1. The highest BCUT2D eigenvalue weighted by Gasteiger charge is 2.39. The van der Waals surface area contributed by atoms with E-state index in [1.165, 1.54) is 37.8 Å². The number of aromatic amines is 1. The Hall–Kier alpha value is -1.91. The number of aromatic carboxylic acids is 1. The van der Waals surface area contributed by atoms with Crippen molar-refractivity contribution < 1.29 is 14.3 Å². The zero-order valence-electron chi connectivity index (χ0n) is 11.6. The van der Waals surface area contributed by atoms with Crippen LogP contribution in [0, 0.1) is 23.6 Å². The van der Waals surface area contributed by atoms with E-state index in [2.05, 4.69) is 9.97 Å². The number of H-pyrrole nitrogens is 1. The Balaban J connectivity index is 1.63. The van der Waals surface area contributed by atoms with E-state index in [4.69, 9.17) is 5.11 Å². The van der Waals surface area contributed by atoms with Crippen LogP contribution in [-0.4, -0.2) is 21.0 Å². The molecule has 0 spiro atoms. The Morgan fingerprint density at radius 3 is 2.90 bits per heavy atom. The summed E-state index contributed by atoms with van der Waals surface area (Å²) in [6.45, 7) is 0. The third-order valence-electron chi connectivity index (χ3n) is 5.19. The summed E-state index contributed by atoms with van der Waals surface area (Å²) in [5.74, 6) is 1.25. The summed E-state index contributed by atoms with van der Waals surface area (Å²) in [7, 11) is 0. The number of carboxylic acids is 1. The van der Waals surface area contributed by atoms with Crippen LogP contribution in [0.2, 0.25) is 0 Å². The van der Waals surface area contributed by atoms with Crippen LogP contribution in [0.1, 0.15) is 41.9 Å². The van der Waals surface area contributed by atoms with E-state index in [-0.39, 0.29) is 5.56 Å². The molecule has 0 saturated heterocycles. The van der Waals surface area contributed by atoms with Crippen molar-refractivity contribution in [2.75, 3.05) is 0 Å². The molecule has 3 atom stereocenters. The minimum Gasteiger partial charge on any atom is -0.478 e. The van der Waals surface area contributed by atoms with E-state index in [0.717, 1.165) is 24.1 Å². The van der Waals surface area contributed by atoms with Crippen molar-refractivity contribution in [2.45, 2.75) is 32.1 Å². The first-order valence-electron chi connectivity index (χ1n) is 7.51. The van der Waals surface area contributed by atoms with Crippen molar-refractivity contribution in [3.63, 3.8) is 0 Å². The summed E-state index contributed by atoms with van der Waals surface area (Å²) in [5.41, 5.74) is 0.795. The number of nitrogens with one attached hydrogen (secondary N) is 1. The standard InChI is InChI=1S/C16H17FN2O2/c17-12-7-14-13(6-11(12)16(20)21)18-15(19-14)5-10-4-8-1-2-9(10)3-8/h6-10H,1-5H2,(H,18,19)(H,20,21). The normalized spacial score (nSPS) is 27.6. The Kier molecular flexibility index (Phi) is 2.77. The fraction of sp³-hybridized carbons (Fsp3) is 0.500. The molecule has 1 aromatic heterocycles. The molecular formula is C16H17FN2O2. The third kappa shape index (κ3) is 2.11. The maximum Gasteiger partial charge on any atom is 0.338 e. The van der Waals surface area contributed by atoms with Crippen LogP contribution in [0.4, 0.5) is 4.39 Å². The Morgan fingerprint density at radius 2 is 2.24 bits per heavy atom. The summed E-state index contributed by atoms with van der Waals surface area (Å²) in [6, 6.07) is 2.55. The fourth-order valence-corrected chi connectivity index (χ4v) is 4.22. The zero-order chi connectivity index (χ0) is 14.6. The number of fused-ring (bicyclic) bond motifs is 3. The molecular weight excluding hydrogens is 271 g/mol. The summed E-state index contributed by atoms with van der Waals surface area (Å²) in [4.78, 5) is 18.6. The number of benzene rings is 1. The van der Waals surface area contributed by atoms with E-state index >= 15 is 0 Å². The molecule has 4 rings (SSSR count). The first-order chi connectivity index (χ1) is 10.1. The smallest absolute Gasteiger partial charge is 0.338 e. The highest BCUT2D eigenvalue weighted by Crippen LogP contribution is 2.49. The van der Waals surface area contributed by atoms with Gasteiger partial charge in [-0.15, -0.1) is 0 Å². The molecule has 4 nitrogen and oxygen atoms in total. The number of hydrogen-bond acceptors (Lipinski definition) is 2. The van der Waals surface area contributed by atoms with Crippen LogP contribution >= 0.6 is 0 Å². The molecule has 2 fully saturated rings. The lowest BCUT2D eigenvalue weighted by atomic mass is 9.86. The van der Waals surface area contributed by atoms with E-state index < -0.39 is 11.8 Å². The van der Waals surface area contributed by atoms with E-state index in [1.807, 2.05) is 0 Å². The quantitative estimate of drug-likeness (QED) is 0.910. The minimum atomic E-state index is -1.26. The number of carbonyl (C=O) groups is 1. The minimum absolute atomic E-state index is 0.319. The summed E-state index contributed by atoms with van der Waals surface area (Å²) in [6.07, 6.45) is 6.21. The molecule has 0 amide bonds. The maximum absolute atomic E-state index is 13.7. The van der Waals surface area contributed by atoms with Crippen LogP contribution in [0.5, 0.6) is 0 Å². The Labute approximate surface area is 121 Å². The van der Waals surface area contributed by atoms with Gasteiger partial charge in [0.25, 0.3) is 0 Å². The van der Waals surface area contributed by atoms with Crippen molar-refractivity contribution in [3.05, 3.63) is 29.3 Å². The molecule has 110 valence electrons. The molecule has 3 unspecified atom stereocenters. The van der Waals surface area contributed by atoms with E-state index in [1.54, 1.807) is 0 Å². The molecule has 2 saturated carbocycles.